The van der Waals surface area contributed by atoms with Crippen molar-refractivity contribution in [3.05, 3.63) is 29.6 Å². The lowest BCUT2D eigenvalue weighted by Crippen LogP contribution is -2.42. The quantitative estimate of drug-likeness (QED) is 0.888. The maximum absolute atomic E-state index is 13.5. The van der Waals surface area contributed by atoms with Gasteiger partial charge in [0.1, 0.15) is 5.82 Å². The summed E-state index contributed by atoms with van der Waals surface area (Å²) in [6.07, 6.45) is 6.82. The summed E-state index contributed by atoms with van der Waals surface area (Å²) in [4.78, 5) is 2.44. The Bertz CT molecular complexity index is 472. The summed E-state index contributed by atoms with van der Waals surface area (Å²) in [5.74, 6) is 1.55. The maximum Gasteiger partial charge on any atom is 0.123 e. The van der Waals surface area contributed by atoms with Crippen LogP contribution in [0.4, 0.5) is 10.1 Å². The summed E-state index contributed by atoms with van der Waals surface area (Å²) in [6, 6.07) is 4.96. The number of benzene rings is 1. The van der Waals surface area contributed by atoms with E-state index in [0.717, 1.165) is 36.2 Å². The van der Waals surface area contributed by atoms with Crippen LogP contribution in [0.15, 0.2) is 18.2 Å². The highest BCUT2D eigenvalue weighted by atomic mass is 19.1. The molecule has 110 valence electrons. The molecule has 1 heterocycles. The van der Waals surface area contributed by atoms with Gasteiger partial charge in [-0.15, -0.1) is 0 Å². The van der Waals surface area contributed by atoms with Crippen LogP contribution >= 0.6 is 0 Å². The third-order valence-corrected chi connectivity index (χ3v) is 5.11. The van der Waals surface area contributed by atoms with Crippen molar-refractivity contribution in [2.75, 3.05) is 18.0 Å². The van der Waals surface area contributed by atoms with Crippen molar-refractivity contribution in [3.63, 3.8) is 0 Å². The predicted molar refractivity (Wildman–Crippen MR) is 81.3 cm³/mol. The zero-order valence-electron chi connectivity index (χ0n) is 12.3. The second-order valence-electron chi connectivity index (χ2n) is 6.53. The Morgan fingerprint density at radius 1 is 1.20 bits per heavy atom. The summed E-state index contributed by atoms with van der Waals surface area (Å²) >= 11 is 0. The van der Waals surface area contributed by atoms with Gasteiger partial charge in [0.15, 0.2) is 0 Å². The summed E-state index contributed by atoms with van der Waals surface area (Å²) in [6.45, 7) is 4.15. The zero-order valence-corrected chi connectivity index (χ0v) is 12.3. The summed E-state index contributed by atoms with van der Waals surface area (Å²) < 4.78 is 13.5. The van der Waals surface area contributed by atoms with Gasteiger partial charge in [-0.05, 0) is 55.4 Å². The number of nitrogens with zero attached hydrogens (tertiary/aromatic N) is 1. The number of fused-ring (bicyclic) bond motifs is 1. The van der Waals surface area contributed by atoms with E-state index >= 15 is 0 Å². The summed E-state index contributed by atoms with van der Waals surface area (Å²) in [7, 11) is 0. The van der Waals surface area contributed by atoms with Gasteiger partial charge in [-0.25, -0.2) is 4.39 Å². The van der Waals surface area contributed by atoms with Gasteiger partial charge < -0.3 is 10.6 Å². The van der Waals surface area contributed by atoms with Crippen molar-refractivity contribution < 1.29 is 4.39 Å². The van der Waals surface area contributed by atoms with Gasteiger partial charge in [0, 0.05) is 24.8 Å². The number of nitrogens with two attached hydrogens (primary N) is 1. The van der Waals surface area contributed by atoms with Crippen molar-refractivity contribution >= 4 is 5.69 Å². The fourth-order valence-electron chi connectivity index (χ4n) is 4.00. The number of anilines is 1. The fraction of sp³-hybridized carbons (Fsp3) is 0.647. The second-order valence-corrected chi connectivity index (χ2v) is 6.53. The van der Waals surface area contributed by atoms with Crippen LogP contribution in [0.5, 0.6) is 0 Å². The molecule has 1 aromatic carbocycles. The van der Waals surface area contributed by atoms with Crippen LogP contribution in [0, 0.1) is 17.7 Å². The van der Waals surface area contributed by atoms with E-state index < -0.39 is 0 Å². The minimum atomic E-state index is -0.186. The third kappa shape index (κ3) is 2.69. The number of hydrogen-bond acceptors (Lipinski definition) is 2. The van der Waals surface area contributed by atoms with Gasteiger partial charge in [0.05, 0.1) is 0 Å². The van der Waals surface area contributed by atoms with E-state index in [1.54, 1.807) is 12.1 Å². The lowest BCUT2D eigenvalue weighted by molar-refractivity contribution is 0.202. The van der Waals surface area contributed by atoms with Crippen molar-refractivity contribution in [2.24, 2.45) is 17.6 Å². The van der Waals surface area contributed by atoms with Gasteiger partial charge in [-0.3, -0.25) is 0 Å². The molecule has 2 nitrogen and oxygen atoms in total. The summed E-state index contributed by atoms with van der Waals surface area (Å²) in [5, 5.41) is 0. The molecule has 2 aliphatic rings. The normalized spacial score (nSPS) is 28.1. The van der Waals surface area contributed by atoms with E-state index in [0.29, 0.717) is 0 Å². The Labute approximate surface area is 121 Å². The molecule has 2 fully saturated rings. The molecule has 0 radical (unpaired) electrons. The Hall–Kier alpha value is -1.09. The molecule has 1 saturated carbocycles. The van der Waals surface area contributed by atoms with E-state index in [4.69, 9.17) is 5.73 Å². The van der Waals surface area contributed by atoms with Gasteiger partial charge in [-0.2, -0.15) is 0 Å². The first-order chi connectivity index (χ1) is 9.65. The van der Waals surface area contributed by atoms with Crippen LogP contribution in [0.2, 0.25) is 0 Å². The minimum absolute atomic E-state index is 0.121. The molecule has 0 amide bonds. The van der Waals surface area contributed by atoms with Crippen molar-refractivity contribution in [1.82, 2.24) is 0 Å². The molecule has 2 unspecified atom stereocenters. The standard InChI is InChI=1S/C17H25FN2/c1-12(19)16-10-15(18)6-7-17(16)20-9-8-13-4-2-3-5-14(13)11-20/h6-7,10,12-14H,2-5,8-9,11,19H2,1H3/t12-,13?,14?/m1/s1. The fourth-order valence-corrected chi connectivity index (χ4v) is 4.00. The van der Waals surface area contributed by atoms with Crippen LogP contribution in [-0.4, -0.2) is 13.1 Å². The van der Waals surface area contributed by atoms with E-state index in [1.807, 2.05) is 13.0 Å². The molecule has 1 aromatic rings. The number of piperidine rings is 1. The second kappa shape index (κ2) is 5.72. The largest absolute Gasteiger partial charge is 0.371 e. The average molecular weight is 276 g/mol. The van der Waals surface area contributed by atoms with Gasteiger partial charge >= 0.3 is 0 Å². The van der Waals surface area contributed by atoms with Crippen LogP contribution in [0.1, 0.15) is 50.6 Å². The molecule has 1 aliphatic carbocycles. The topological polar surface area (TPSA) is 29.3 Å². The Morgan fingerprint density at radius 3 is 2.70 bits per heavy atom. The predicted octanol–water partition coefficient (Wildman–Crippen LogP) is 3.86. The highest BCUT2D eigenvalue weighted by Gasteiger charge is 2.31. The molecule has 1 aliphatic heterocycles. The van der Waals surface area contributed by atoms with E-state index in [1.165, 1.54) is 32.1 Å². The Kier molecular flexibility index (Phi) is 3.97. The Morgan fingerprint density at radius 2 is 1.95 bits per heavy atom. The van der Waals surface area contributed by atoms with E-state index in [2.05, 4.69) is 4.90 Å². The Balaban J connectivity index is 1.82. The van der Waals surface area contributed by atoms with Gasteiger partial charge in [-0.1, -0.05) is 19.3 Å². The highest BCUT2D eigenvalue weighted by Crippen LogP contribution is 2.38. The van der Waals surface area contributed by atoms with E-state index in [9.17, 15) is 4.39 Å². The zero-order chi connectivity index (χ0) is 14.1. The minimum Gasteiger partial charge on any atom is -0.371 e. The van der Waals surface area contributed by atoms with Crippen molar-refractivity contribution in [1.29, 1.82) is 0 Å². The van der Waals surface area contributed by atoms with Gasteiger partial charge in [0.2, 0.25) is 0 Å². The molecule has 3 atom stereocenters. The SMILES string of the molecule is C[C@@H](N)c1cc(F)ccc1N1CCC2CCCCC2C1. The molecule has 3 heteroatoms. The first kappa shape index (κ1) is 13.9. The first-order valence-corrected chi connectivity index (χ1v) is 7.95. The van der Waals surface area contributed by atoms with Crippen LogP contribution < -0.4 is 10.6 Å². The van der Waals surface area contributed by atoms with Crippen LogP contribution in [0.25, 0.3) is 0 Å². The monoisotopic (exact) mass is 276 g/mol. The molecular formula is C17H25FN2. The van der Waals surface area contributed by atoms with Gasteiger partial charge in [0.25, 0.3) is 0 Å². The molecule has 2 N–H and O–H groups in total. The lowest BCUT2D eigenvalue weighted by atomic mass is 9.75. The maximum atomic E-state index is 13.5. The van der Waals surface area contributed by atoms with Crippen LogP contribution in [0.3, 0.4) is 0 Å². The molecule has 1 saturated heterocycles. The summed E-state index contributed by atoms with van der Waals surface area (Å²) in [5.41, 5.74) is 8.12. The van der Waals surface area contributed by atoms with Crippen LogP contribution in [-0.2, 0) is 0 Å². The molecule has 0 spiro atoms. The molecular weight excluding hydrogens is 251 g/mol. The number of halogens is 1. The average Bonchev–Trinajstić information content (AvgIpc) is 2.46. The molecule has 0 aromatic heterocycles. The third-order valence-electron chi connectivity index (χ3n) is 5.11. The smallest absolute Gasteiger partial charge is 0.123 e. The molecule has 20 heavy (non-hydrogen) atoms. The lowest BCUT2D eigenvalue weighted by Gasteiger charge is -2.43. The molecule has 3 rings (SSSR count). The molecule has 0 bridgehead atoms. The highest BCUT2D eigenvalue weighted by molar-refractivity contribution is 5.55. The first-order valence-electron chi connectivity index (χ1n) is 7.95. The number of hydrogen-bond donors (Lipinski definition) is 1. The van der Waals surface area contributed by atoms with E-state index in [-0.39, 0.29) is 11.9 Å². The van der Waals surface area contributed by atoms with Crippen molar-refractivity contribution in [3.8, 4) is 0 Å². The number of rotatable bonds is 2. The van der Waals surface area contributed by atoms with Crippen molar-refractivity contribution in [2.45, 2.75) is 45.1 Å².